The van der Waals surface area contributed by atoms with Gasteiger partial charge < -0.3 is 15.1 Å². The van der Waals surface area contributed by atoms with Crippen LogP contribution in [0.2, 0.25) is 0 Å². The van der Waals surface area contributed by atoms with Crippen LogP contribution in [0, 0.1) is 6.92 Å². The van der Waals surface area contributed by atoms with Crippen LogP contribution in [-0.2, 0) is 6.42 Å². The number of amides is 1. The quantitative estimate of drug-likeness (QED) is 0.781. The lowest BCUT2D eigenvalue weighted by atomic mass is 10.1. The van der Waals surface area contributed by atoms with Gasteiger partial charge in [0.1, 0.15) is 5.76 Å². The number of aryl methyl sites for hydroxylation is 1. The summed E-state index contributed by atoms with van der Waals surface area (Å²) in [4.78, 5) is 14.0. The molecule has 1 amide bonds. The van der Waals surface area contributed by atoms with E-state index in [1.165, 1.54) is 0 Å². The smallest absolute Gasteiger partial charge is 0.294 e. The molecule has 2 N–H and O–H groups in total. The molecule has 1 aliphatic rings. The molecule has 4 nitrogen and oxygen atoms in total. The number of para-hydroxylation sites is 1. The van der Waals surface area contributed by atoms with E-state index in [9.17, 15) is 4.79 Å². The van der Waals surface area contributed by atoms with Gasteiger partial charge in [0.05, 0.1) is 11.4 Å². The Labute approximate surface area is 105 Å². The van der Waals surface area contributed by atoms with Crippen LogP contribution < -0.4 is 10.6 Å². The molecule has 2 aromatic rings. The Hall–Kier alpha value is -2.23. The highest BCUT2D eigenvalue weighted by Crippen LogP contribution is 2.34. The molecule has 1 aromatic heterocycles. The summed E-state index contributed by atoms with van der Waals surface area (Å²) in [6.07, 6.45) is 0.839. The number of anilines is 2. The van der Waals surface area contributed by atoms with Crippen molar-refractivity contribution < 1.29 is 9.21 Å². The number of hydrogen-bond donors (Lipinski definition) is 1. The van der Waals surface area contributed by atoms with Crippen molar-refractivity contribution in [3.05, 3.63) is 47.4 Å². The lowest BCUT2D eigenvalue weighted by Gasteiger charge is -2.17. The van der Waals surface area contributed by atoms with Crippen molar-refractivity contribution in [3.8, 4) is 0 Å². The number of rotatable bonds is 1. The first-order valence-electron chi connectivity index (χ1n) is 5.92. The van der Waals surface area contributed by atoms with Crippen LogP contribution in [0.25, 0.3) is 0 Å². The summed E-state index contributed by atoms with van der Waals surface area (Å²) in [5.41, 5.74) is 8.55. The van der Waals surface area contributed by atoms with Gasteiger partial charge in [-0.2, -0.15) is 0 Å². The summed E-state index contributed by atoms with van der Waals surface area (Å²) in [5, 5.41) is 0. The van der Waals surface area contributed by atoms with Crippen LogP contribution in [0.4, 0.5) is 11.4 Å². The number of carbonyl (C=O) groups is 1. The Morgan fingerprint density at radius 1 is 1.33 bits per heavy atom. The first kappa shape index (κ1) is 10.9. The van der Waals surface area contributed by atoms with Crippen LogP contribution in [0.15, 0.2) is 34.7 Å². The van der Waals surface area contributed by atoms with E-state index in [0.29, 0.717) is 18.0 Å². The van der Waals surface area contributed by atoms with Crippen LogP contribution in [0.5, 0.6) is 0 Å². The van der Waals surface area contributed by atoms with Gasteiger partial charge in [-0.05, 0) is 37.1 Å². The first-order chi connectivity index (χ1) is 8.66. The third kappa shape index (κ3) is 1.57. The summed E-state index contributed by atoms with van der Waals surface area (Å²) < 4.78 is 5.38. The van der Waals surface area contributed by atoms with E-state index in [0.717, 1.165) is 23.4 Å². The molecule has 2 heterocycles. The second-order valence-corrected chi connectivity index (χ2v) is 4.47. The van der Waals surface area contributed by atoms with Crippen molar-refractivity contribution in [1.29, 1.82) is 0 Å². The molecular weight excluding hydrogens is 228 g/mol. The predicted octanol–water partition coefficient (Wildman–Crippen LogP) is 2.37. The molecule has 0 fully saturated rings. The number of benzene rings is 1. The Morgan fingerprint density at radius 3 is 2.89 bits per heavy atom. The number of fused-ring (bicyclic) bond motifs is 1. The average Bonchev–Trinajstić information content (AvgIpc) is 2.95. The molecule has 92 valence electrons. The van der Waals surface area contributed by atoms with Gasteiger partial charge in [-0.25, -0.2) is 0 Å². The molecule has 0 aliphatic carbocycles. The molecule has 3 rings (SSSR count). The standard InChI is InChI=1S/C14H14N2O2/c1-9-5-6-12(18-9)14(17)16-8-7-10-3-2-4-11(15)13(10)16/h2-6H,7-8,15H2,1H3. The third-order valence-corrected chi connectivity index (χ3v) is 3.22. The van der Waals surface area contributed by atoms with Crippen molar-refractivity contribution in [2.24, 2.45) is 0 Å². The van der Waals surface area contributed by atoms with Crippen LogP contribution in [-0.4, -0.2) is 12.5 Å². The molecule has 0 spiro atoms. The Kier molecular flexibility index (Phi) is 2.37. The van der Waals surface area contributed by atoms with Crippen LogP contribution in [0.1, 0.15) is 21.9 Å². The number of carbonyl (C=O) groups excluding carboxylic acids is 1. The summed E-state index contributed by atoms with van der Waals surface area (Å²) >= 11 is 0. The SMILES string of the molecule is Cc1ccc(C(=O)N2CCc3cccc(N)c32)o1. The Bertz CT molecular complexity index is 616. The van der Waals surface area contributed by atoms with Crippen molar-refractivity contribution in [2.45, 2.75) is 13.3 Å². The number of furan rings is 1. The van der Waals surface area contributed by atoms with Gasteiger partial charge in [0.25, 0.3) is 5.91 Å². The summed E-state index contributed by atoms with van der Waals surface area (Å²) in [5.74, 6) is 0.974. The first-order valence-corrected chi connectivity index (χ1v) is 5.92. The van der Waals surface area contributed by atoms with Crippen LogP contribution in [0.3, 0.4) is 0 Å². The largest absolute Gasteiger partial charge is 0.456 e. The summed E-state index contributed by atoms with van der Waals surface area (Å²) in [7, 11) is 0. The number of nitrogen functional groups attached to an aromatic ring is 1. The maximum atomic E-state index is 12.4. The fourth-order valence-corrected chi connectivity index (χ4v) is 2.37. The molecule has 1 aliphatic heterocycles. The maximum absolute atomic E-state index is 12.4. The normalized spacial score (nSPS) is 13.7. The molecule has 0 radical (unpaired) electrons. The number of hydrogen-bond acceptors (Lipinski definition) is 3. The molecule has 1 aromatic carbocycles. The fraction of sp³-hybridized carbons (Fsp3) is 0.214. The van der Waals surface area contributed by atoms with Gasteiger partial charge in [-0.15, -0.1) is 0 Å². The third-order valence-electron chi connectivity index (χ3n) is 3.22. The Morgan fingerprint density at radius 2 is 2.17 bits per heavy atom. The fourth-order valence-electron chi connectivity index (χ4n) is 2.37. The highest BCUT2D eigenvalue weighted by Gasteiger charge is 2.28. The summed E-state index contributed by atoms with van der Waals surface area (Å²) in [6, 6.07) is 9.23. The van der Waals surface area contributed by atoms with E-state index in [4.69, 9.17) is 10.2 Å². The summed E-state index contributed by atoms with van der Waals surface area (Å²) in [6.45, 7) is 2.48. The molecule has 0 atom stereocenters. The molecule has 0 saturated heterocycles. The minimum absolute atomic E-state index is 0.125. The zero-order chi connectivity index (χ0) is 12.7. The zero-order valence-corrected chi connectivity index (χ0v) is 10.1. The average molecular weight is 242 g/mol. The zero-order valence-electron chi connectivity index (χ0n) is 10.1. The number of nitrogens with two attached hydrogens (primary N) is 1. The van der Waals surface area contributed by atoms with E-state index >= 15 is 0 Å². The highest BCUT2D eigenvalue weighted by atomic mass is 16.3. The highest BCUT2D eigenvalue weighted by molar-refractivity contribution is 6.07. The molecule has 0 bridgehead atoms. The van der Waals surface area contributed by atoms with E-state index < -0.39 is 0 Å². The van der Waals surface area contributed by atoms with Gasteiger partial charge in [0, 0.05) is 6.54 Å². The lowest BCUT2D eigenvalue weighted by molar-refractivity contribution is 0.0961. The maximum Gasteiger partial charge on any atom is 0.294 e. The van der Waals surface area contributed by atoms with E-state index in [1.54, 1.807) is 17.0 Å². The number of nitrogens with zero attached hydrogens (tertiary/aromatic N) is 1. The van der Waals surface area contributed by atoms with Crippen LogP contribution >= 0.6 is 0 Å². The topological polar surface area (TPSA) is 59.5 Å². The molecule has 0 saturated carbocycles. The minimum Gasteiger partial charge on any atom is -0.456 e. The molecule has 0 unspecified atom stereocenters. The van der Waals surface area contributed by atoms with Crippen molar-refractivity contribution >= 4 is 17.3 Å². The predicted molar refractivity (Wildman–Crippen MR) is 69.7 cm³/mol. The van der Waals surface area contributed by atoms with Gasteiger partial charge in [0.15, 0.2) is 5.76 Å². The van der Waals surface area contributed by atoms with Crippen molar-refractivity contribution in [3.63, 3.8) is 0 Å². The molecule has 4 heteroatoms. The van der Waals surface area contributed by atoms with E-state index in [2.05, 4.69) is 0 Å². The van der Waals surface area contributed by atoms with E-state index in [-0.39, 0.29) is 5.91 Å². The van der Waals surface area contributed by atoms with Gasteiger partial charge in [-0.3, -0.25) is 4.79 Å². The lowest BCUT2D eigenvalue weighted by Crippen LogP contribution is -2.29. The monoisotopic (exact) mass is 242 g/mol. The minimum atomic E-state index is -0.125. The Balaban J connectivity index is 2.00. The van der Waals surface area contributed by atoms with Gasteiger partial charge in [-0.1, -0.05) is 12.1 Å². The van der Waals surface area contributed by atoms with Crippen molar-refractivity contribution in [2.75, 3.05) is 17.2 Å². The van der Waals surface area contributed by atoms with Gasteiger partial charge in [0.2, 0.25) is 0 Å². The molecule has 18 heavy (non-hydrogen) atoms. The second kappa shape index (κ2) is 3.91. The molecular formula is C14H14N2O2. The van der Waals surface area contributed by atoms with E-state index in [1.807, 2.05) is 25.1 Å². The second-order valence-electron chi connectivity index (χ2n) is 4.47. The van der Waals surface area contributed by atoms with Crippen molar-refractivity contribution in [1.82, 2.24) is 0 Å². The van der Waals surface area contributed by atoms with Gasteiger partial charge >= 0.3 is 0 Å².